The van der Waals surface area contributed by atoms with E-state index in [1.165, 1.54) is 18.4 Å². The van der Waals surface area contributed by atoms with E-state index >= 15 is 0 Å². The Morgan fingerprint density at radius 1 is 1.13 bits per heavy atom. The fraction of sp³-hybridized carbons (Fsp3) is 0.654. The van der Waals surface area contributed by atoms with E-state index in [0.29, 0.717) is 5.41 Å². The average molecular weight is 410 g/mol. The molecule has 4 heteroatoms. The molecule has 3 aliphatic carbocycles. The minimum atomic E-state index is -0.0887. The van der Waals surface area contributed by atoms with Crippen molar-refractivity contribution in [1.29, 1.82) is 0 Å². The molecule has 2 amide bonds. The van der Waals surface area contributed by atoms with E-state index in [1.807, 2.05) is 12.1 Å². The molecule has 5 rings (SSSR count). The van der Waals surface area contributed by atoms with Gasteiger partial charge < -0.3 is 10.6 Å². The van der Waals surface area contributed by atoms with Gasteiger partial charge in [-0.2, -0.15) is 0 Å². The number of fused-ring (bicyclic) bond motifs is 1. The normalized spacial score (nSPS) is 26.5. The molecular formula is C26H39N3O. The van der Waals surface area contributed by atoms with Crippen LogP contribution in [0.1, 0.15) is 65.9 Å². The van der Waals surface area contributed by atoms with E-state index in [1.54, 1.807) is 5.57 Å². The van der Waals surface area contributed by atoms with Gasteiger partial charge in [0.25, 0.3) is 0 Å². The van der Waals surface area contributed by atoms with Crippen molar-refractivity contribution in [3.8, 4) is 0 Å². The highest BCUT2D eigenvalue weighted by Crippen LogP contribution is 2.59. The summed E-state index contributed by atoms with van der Waals surface area (Å²) in [7, 11) is 0. The Hall–Kier alpha value is -1.81. The summed E-state index contributed by atoms with van der Waals surface area (Å²) < 4.78 is 0. The van der Waals surface area contributed by atoms with Crippen LogP contribution < -0.4 is 10.6 Å². The lowest BCUT2D eigenvalue weighted by Gasteiger charge is -2.57. The standard InChI is InChI=1S/C26H39N3O/c1-25(2,3)19-8-10-21(11-9-19)27-24(30)28-22-12-14-29(15-13-22)17-18-6-7-20-16-23(18)26(20,4)5/h6,8-11,20,22-23H,7,12-17H2,1-5H3,(H2,27,28,30)/t20-,23-/m0/s1. The molecule has 1 saturated heterocycles. The molecule has 1 aromatic rings. The van der Waals surface area contributed by atoms with Crippen molar-refractivity contribution in [2.45, 2.75) is 71.8 Å². The van der Waals surface area contributed by atoms with Gasteiger partial charge in [0.2, 0.25) is 0 Å². The highest BCUT2D eigenvalue weighted by atomic mass is 16.2. The molecule has 2 atom stereocenters. The first kappa shape index (κ1) is 21.4. The van der Waals surface area contributed by atoms with E-state index in [0.717, 1.165) is 50.0 Å². The van der Waals surface area contributed by atoms with Crippen molar-refractivity contribution in [3.05, 3.63) is 41.5 Å². The number of likely N-dealkylation sites (tertiary alicyclic amines) is 1. The molecule has 2 bridgehead atoms. The second kappa shape index (κ2) is 8.03. The Morgan fingerprint density at radius 3 is 2.37 bits per heavy atom. The van der Waals surface area contributed by atoms with Gasteiger partial charge in [0.05, 0.1) is 0 Å². The Morgan fingerprint density at radius 2 is 1.80 bits per heavy atom. The summed E-state index contributed by atoms with van der Waals surface area (Å²) in [6.45, 7) is 14.8. The van der Waals surface area contributed by atoms with Crippen LogP contribution in [0.3, 0.4) is 0 Å². The zero-order valence-corrected chi connectivity index (χ0v) is 19.4. The number of carbonyl (C=O) groups excluding carboxylic acids is 1. The van der Waals surface area contributed by atoms with Crippen LogP contribution in [0.5, 0.6) is 0 Å². The Balaban J connectivity index is 1.21. The lowest BCUT2D eigenvalue weighted by atomic mass is 9.49. The maximum absolute atomic E-state index is 12.4. The van der Waals surface area contributed by atoms with E-state index in [-0.39, 0.29) is 17.5 Å². The maximum atomic E-state index is 12.4. The predicted molar refractivity (Wildman–Crippen MR) is 125 cm³/mol. The van der Waals surface area contributed by atoms with Crippen LogP contribution in [-0.4, -0.2) is 36.6 Å². The van der Waals surface area contributed by atoms with Crippen molar-refractivity contribution in [1.82, 2.24) is 10.2 Å². The van der Waals surface area contributed by atoms with Crippen molar-refractivity contribution >= 4 is 11.7 Å². The van der Waals surface area contributed by atoms with Crippen molar-refractivity contribution in [3.63, 3.8) is 0 Å². The number of piperidine rings is 1. The second-order valence-electron chi connectivity index (χ2n) is 11.3. The van der Waals surface area contributed by atoms with E-state index in [2.05, 4.69) is 68.4 Å². The summed E-state index contributed by atoms with van der Waals surface area (Å²) in [5, 5.41) is 6.17. The number of carbonyl (C=O) groups is 1. The van der Waals surface area contributed by atoms with Crippen LogP contribution in [0.25, 0.3) is 0 Å². The van der Waals surface area contributed by atoms with E-state index in [4.69, 9.17) is 0 Å². The minimum Gasteiger partial charge on any atom is -0.335 e. The number of hydrogen-bond acceptors (Lipinski definition) is 2. The first-order chi connectivity index (χ1) is 14.1. The van der Waals surface area contributed by atoms with Crippen molar-refractivity contribution < 1.29 is 4.79 Å². The molecular weight excluding hydrogens is 370 g/mol. The second-order valence-corrected chi connectivity index (χ2v) is 11.3. The molecule has 4 nitrogen and oxygen atoms in total. The first-order valence-corrected chi connectivity index (χ1v) is 11.7. The van der Waals surface area contributed by atoms with E-state index < -0.39 is 0 Å². The molecule has 2 N–H and O–H groups in total. The zero-order chi connectivity index (χ0) is 21.5. The minimum absolute atomic E-state index is 0.0887. The smallest absolute Gasteiger partial charge is 0.319 e. The van der Waals surface area contributed by atoms with Gasteiger partial charge in [0, 0.05) is 31.4 Å². The fourth-order valence-corrected chi connectivity index (χ4v) is 5.56. The largest absolute Gasteiger partial charge is 0.335 e. The number of rotatable bonds is 4. The Bertz CT molecular complexity index is 795. The first-order valence-electron chi connectivity index (χ1n) is 11.7. The SMILES string of the molecule is CC(C)(C)c1ccc(NC(=O)NC2CCN(CC3=CC[C@H]4C[C@@H]3C4(C)C)CC2)cc1. The predicted octanol–water partition coefficient (Wildman–Crippen LogP) is 5.56. The van der Waals surface area contributed by atoms with Crippen LogP contribution in [0.4, 0.5) is 10.5 Å². The number of nitrogens with zero attached hydrogens (tertiary/aromatic N) is 1. The lowest BCUT2D eigenvalue weighted by Crippen LogP contribution is -2.51. The van der Waals surface area contributed by atoms with Gasteiger partial charge in [-0.05, 0) is 66.0 Å². The topological polar surface area (TPSA) is 44.4 Å². The molecule has 0 radical (unpaired) electrons. The number of allylic oxidation sites excluding steroid dienone is 1. The quantitative estimate of drug-likeness (QED) is 0.639. The van der Waals surface area contributed by atoms with Gasteiger partial charge in [-0.15, -0.1) is 0 Å². The highest BCUT2D eigenvalue weighted by Gasteiger charge is 2.51. The van der Waals surface area contributed by atoms with Gasteiger partial charge in [-0.1, -0.05) is 58.4 Å². The third-order valence-electron chi connectivity index (χ3n) is 7.92. The molecule has 1 heterocycles. The number of anilines is 1. The summed E-state index contributed by atoms with van der Waals surface area (Å²) in [5.41, 5.74) is 4.43. The van der Waals surface area contributed by atoms with Crippen LogP contribution in [0.15, 0.2) is 35.9 Å². The van der Waals surface area contributed by atoms with E-state index in [9.17, 15) is 4.79 Å². The highest BCUT2D eigenvalue weighted by molar-refractivity contribution is 5.89. The maximum Gasteiger partial charge on any atom is 0.319 e. The van der Waals surface area contributed by atoms with Gasteiger partial charge in [-0.25, -0.2) is 4.79 Å². The Labute approximate surface area is 182 Å². The number of amides is 2. The van der Waals surface area contributed by atoms with Crippen molar-refractivity contribution in [2.75, 3.05) is 25.0 Å². The molecule has 0 unspecified atom stereocenters. The molecule has 1 aliphatic heterocycles. The summed E-state index contributed by atoms with van der Waals surface area (Å²) in [5.74, 6) is 1.70. The number of urea groups is 1. The summed E-state index contributed by atoms with van der Waals surface area (Å²) >= 11 is 0. The third kappa shape index (κ3) is 4.44. The summed E-state index contributed by atoms with van der Waals surface area (Å²) in [6.07, 6.45) is 7.25. The fourth-order valence-electron chi connectivity index (χ4n) is 5.56. The number of benzene rings is 1. The van der Waals surface area contributed by atoms with Gasteiger partial charge >= 0.3 is 6.03 Å². The summed E-state index contributed by atoms with van der Waals surface area (Å²) in [4.78, 5) is 15.0. The molecule has 0 spiro atoms. The van der Waals surface area contributed by atoms with Crippen LogP contribution in [0.2, 0.25) is 0 Å². The third-order valence-corrected chi connectivity index (χ3v) is 7.92. The molecule has 164 valence electrons. The van der Waals surface area contributed by atoms with Crippen LogP contribution in [0, 0.1) is 17.3 Å². The average Bonchev–Trinajstić information content (AvgIpc) is 2.69. The van der Waals surface area contributed by atoms with Gasteiger partial charge in [0.1, 0.15) is 0 Å². The summed E-state index contributed by atoms with van der Waals surface area (Å²) in [6, 6.07) is 8.36. The lowest BCUT2D eigenvalue weighted by molar-refractivity contribution is -0.0113. The van der Waals surface area contributed by atoms with Crippen molar-refractivity contribution in [2.24, 2.45) is 17.3 Å². The molecule has 0 aromatic heterocycles. The molecule has 1 saturated carbocycles. The molecule has 4 aliphatic rings. The zero-order valence-electron chi connectivity index (χ0n) is 19.4. The number of hydrogen-bond donors (Lipinski definition) is 2. The van der Waals surface area contributed by atoms with Crippen LogP contribution >= 0.6 is 0 Å². The molecule has 1 aromatic carbocycles. The number of nitrogens with one attached hydrogen (secondary N) is 2. The molecule has 30 heavy (non-hydrogen) atoms. The van der Waals surface area contributed by atoms with Gasteiger partial charge in [0.15, 0.2) is 0 Å². The van der Waals surface area contributed by atoms with Crippen LogP contribution in [-0.2, 0) is 5.41 Å². The van der Waals surface area contributed by atoms with Gasteiger partial charge in [-0.3, -0.25) is 4.90 Å². The molecule has 2 fully saturated rings. The monoisotopic (exact) mass is 409 g/mol. The Kier molecular flexibility index (Phi) is 5.73.